The van der Waals surface area contributed by atoms with E-state index in [-0.39, 0.29) is 17.5 Å². The minimum atomic E-state index is -3.71. The molecule has 0 saturated heterocycles. The number of sulfone groups is 1. The first-order valence-electron chi connectivity index (χ1n) is 8.30. The maximum absolute atomic E-state index is 13.1. The summed E-state index contributed by atoms with van der Waals surface area (Å²) in [4.78, 5) is 24.6. The van der Waals surface area contributed by atoms with Crippen LogP contribution in [0.2, 0.25) is 0 Å². The third-order valence-corrected chi connectivity index (χ3v) is 7.39. The lowest BCUT2D eigenvalue weighted by molar-refractivity contribution is -0.139. The number of amides is 2. The van der Waals surface area contributed by atoms with Crippen molar-refractivity contribution in [1.29, 1.82) is 0 Å². The first-order chi connectivity index (χ1) is 12.4. The molecule has 1 aromatic heterocycles. The molecule has 0 unspecified atom stereocenters. The summed E-state index contributed by atoms with van der Waals surface area (Å²) >= 11 is 1.31. The third kappa shape index (κ3) is 4.31. The van der Waals surface area contributed by atoms with E-state index in [9.17, 15) is 18.0 Å². The van der Waals surface area contributed by atoms with Gasteiger partial charge < -0.3 is 10.6 Å². The number of carbonyl (C=O) groups is 2. The summed E-state index contributed by atoms with van der Waals surface area (Å²) in [6.45, 7) is 1.72. The van der Waals surface area contributed by atoms with Crippen LogP contribution in [0.3, 0.4) is 0 Å². The molecule has 1 aromatic carbocycles. The van der Waals surface area contributed by atoms with Gasteiger partial charge in [0.25, 0.3) is 0 Å². The van der Waals surface area contributed by atoms with Gasteiger partial charge in [0.1, 0.15) is 5.25 Å². The van der Waals surface area contributed by atoms with Gasteiger partial charge >= 0.3 is 11.8 Å². The normalized spacial score (nSPS) is 15.3. The van der Waals surface area contributed by atoms with Crippen LogP contribution in [0.5, 0.6) is 0 Å². The second kappa shape index (κ2) is 7.59. The highest BCUT2D eigenvalue weighted by atomic mass is 32.2. The Morgan fingerprint density at radius 2 is 1.85 bits per heavy atom. The van der Waals surface area contributed by atoms with Crippen LogP contribution < -0.4 is 10.6 Å². The van der Waals surface area contributed by atoms with Crippen molar-refractivity contribution in [3.8, 4) is 0 Å². The molecule has 2 amide bonds. The molecule has 3 rings (SSSR count). The van der Waals surface area contributed by atoms with Gasteiger partial charge in [-0.2, -0.15) is 0 Å². The molecule has 0 bridgehead atoms. The van der Waals surface area contributed by atoms with E-state index in [1.54, 1.807) is 41.8 Å². The molecule has 138 valence electrons. The summed E-state index contributed by atoms with van der Waals surface area (Å²) in [6, 6.07) is 10.1. The Morgan fingerprint density at radius 1 is 1.15 bits per heavy atom. The Morgan fingerprint density at radius 3 is 2.42 bits per heavy atom. The molecule has 0 aliphatic heterocycles. The lowest BCUT2D eigenvalue weighted by Gasteiger charge is -2.17. The number of carbonyl (C=O) groups excluding carboxylic acids is 2. The van der Waals surface area contributed by atoms with E-state index >= 15 is 0 Å². The predicted octanol–water partition coefficient (Wildman–Crippen LogP) is 1.97. The summed E-state index contributed by atoms with van der Waals surface area (Å²) in [5, 5.41) is 5.90. The lowest BCUT2D eigenvalue weighted by Crippen LogP contribution is -2.42. The zero-order chi connectivity index (χ0) is 18.7. The standard InChI is InChI=1S/C18H20N2O4S2/c1-12-4-8-14(9-5-12)26(23,24)16(15-3-2-10-25-15)11-19-17(21)18(22)20-13-6-7-13/h2-5,8-10,13,16H,6-7,11H2,1H3,(H,19,21)(H,20,22)/t16-/m0/s1. The predicted molar refractivity (Wildman–Crippen MR) is 99.6 cm³/mol. The van der Waals surface area contributed by atoms with Gasteiger partial charge in [-0.3, -0.25) is 9.59 Å². The third-order valence-electron chi connectivity index (χ3n) is 4.15. The number of thiophene rings is 1. The van der Waals surface area contributed by atoms with Gasteiger partial charge in [0, 0.05) is 17.5 Å². The molecule has 2 N–H and O–H groups in total. The number of benzene rings is 1. The van der Waals surface area contributed by atoms with Gasteiger partial charge in [0.15, 0.2) is 9.84 Å². The molecule has 1 atom stereocenters. The van der Waals surface area contributed by atoms with Crippen LogP contribution in [0.15, 0.2) is 46.7 Å². The van der Waals surface area contributed by atoms with Crippen molar-refractivity contribution in [3.05, 3.63) is 52.2 Å². The van der Waals surface area contributed by atoms with Gasteiger partial charge in [-0.05, 0) is 43.3 Å². The second-order valence-corrected chi connectivity index (χ2v) is 9.43. The van der Waals surface area contributed by atoms with E-state index in [1.165, 1.54) is 11.3 Å². The van der Waals surface area contributed by atoms with Gasteiger partial charge in [-0.1, -0.05) is 23.8 Å². The van der Waals surface area contributed by atoms with Crippen LogP contribution in [0.1, 0.15) is 28.5 Å². The molecule has 1 fully saturated rings. The van der Waals surface area contributed by atoms with E-state index in [0.717, 1.165) is 18.4 Å². The summed E-state index contributed by atoms with van der Waals surface area (Å²) < 4.78 is 26.1. The second-order valence-electron chi connectivity index (χ2n) is 6.32. The highest BCUT2D eigenvalue weighted by molar-refractivity contribution is 7.91. The number of hydrogen-bond acceptors (Lipinski definition) is 5. The molecule has 1 aliphatic rings. The number of rotatable bonds is 6. The molecule has 0 radical (unpaired) electrons. The molecule has 1 heterocycles. The van der Waals surface area contributed by atoms with Gasteiger partial charge in [0.2, 0.25) is 0 Å². The van der Waals surface area contributed by atoms with E-state index in [1.807, 2.05) is 6.92 Å². The minimum Gasteiger partial charge on any atom is -0.346 e. The Hall–Kier alpha value is -2.19. The molecule has 8 heteroatoms. The topological polar surface area (TPSA) is 92.3 Å². The van der Waals surface area contributed by atoms with Gasteiger partial charge in [-0.15, -0.1) is 11.3 Å². The monoisotopic (exact) mass is 392 g/mol. The van der Waals surface area contributed by atoms with Crippen LogP contribution >= 0.6 is 11.3 Å². The van der Waals surface area contributed by atoms with E-state index in [4.69, 9.17) is 0 Å². The Balaban J connectivity index is 1.78. The Kier molecular flexibility index (Phi) is 5.43. The van der Waals surface area contributed by atoms with Crippen molar-refractivity contribution in [3.63, 3.8) is 0 Å². The molecular formula is C18H20N2O4S2. The molecule has 1 aliphatic carbocycles. The highest BCUT2D eigenvalue weighted by Gasteiger charge is 2.32. The lowest BCUT2D eigenvalue weighted by atomic mass is 10.2. The molecule has 2 aromatic rings. The van der Waals surface area contributed by atoms with Crippen molar-refractivity contribution in [2.75, 3.05) is 6.54 Å². The smallest absolute Gasteiger partial charge is 0.309 e. The quantitative estimate of drug-likeness (QED) is 0.735. The summed E-state index contributed by atoms with van der Waals surface area (Å²) in [6.07, 6.45) is 1.75. The molecular weight excluding hydrogens is 372 g/mol. The van der Waals surface area contributed by atoms with E-state index in [2.05, 4.69) is 10.6 Å². The number of aryl methyl sites for hydroxylation is 1. The molecule has 0 spiro atoms. The van der Waals surface area contributed by atoms with E-state index in [0.29, 0.717) is 4.88 Å². The van der Waals surface area contributed by atoms with Crippen LogP contribution in [0.25, 0.3) is 0 Å². The average Bonchev–Trinajstić information content (AvgIpc) is 3.26. The SMILES string of the molecule is Cc1ccc(S(=O)(=O)[C@@H](CNC(=O)C(=O)NC2CC2)c2cccs2)cc1. The Bertz CT molecular complexity index is 886. The van der Waals surface area contributed by atoms with Crippen molar-refractivity contribution >= 4 is 33.0 Å². The number of hydrogen-bond donors (Lipinski definition) is 2. The Labute approximate surface area is 156 Å². The fourth-order valence-corrected chi connectivity index (χ4v) is 5.26. The molecule has 26 heavy (non-hydrogen) atoms. The van der Waals surface area contributed by atoms with Gasteiger partial charge in [0.05, 0.1) is 4.90 Å². The van der Waals surface area contributed by atoms with Crippen LogP contribution in [-0.2, 0) is 19.4 Å². The fourth-order valence-electron chi connectivity index (χ4n) is 2.47. The highest BCUT2D eigenvalue weighted by Crippen LogP contribution is 2.31. The van der Waals surface area contributed by atoms with Crippen molar-refractivity contribution in [2.45, 2.75) is 36.0 Å². The number of nitrogens with one attached hydrogen (secondary N) is 2. The van der Waals surface area contributed by atoms with Crippen LogP contribution in [0.4, 0.5) is 0 Å². The van der Waals surface area contributed by atoms with Crippen molar-refractivity contribution in [1.82, 2.24) is 10.6 Å². The van der Waals surface area contributed by atoms with Crippen LogP contribution in [0, 0.1) is 6.92 Å². The zero-order valence-electron chi connectivity index (χ0n) is 14.3. The summed E-state index contributed by atoms with van der Waals surface area (Å²) in [7, 11) is -3.71. The molecule has 6 nitrogen and oxygen atoms in total. The fraction of sp³-hybridized carbons (Fsp3) is 0.333. The van der Waals surface area contributed by atoms with Crippen LogP contribution in [-0.4, -0.2) is 32.8 Å². The van der Waals surface area contributed by atoms with Crippen molar-refractivity contribution < 1.29 is 18.0 Å². The van der Waals surface area contributed by atoms with Crippen molar-refractivity contribution in [2.24, 2.45) is 0 Å². The largest absolute Gasteiger partial charge is 0.346 e. The van der Waals surface area contributed by atoms with E-state index < -0.39 is 26.9 Å². The maximum atomic E-state index is 13.1. The average molecular weight is 393 g/mol. The first kappa shape index (κ1) is 18.6. The summed E-state index contributed by atoms with van der Waals surface area (Å²) in [5.74, 6) is -1.53. The first-order valence-corrected chi connectivity index (χ1v) is 10.7. The minimum absolute atomic E-state index is 0.0673. The molecule has 1 saturated carbocycles. The zero-order valence-corrected chi connectivity index (χ0v) is 15.9. The maximum Gasteiger partial charge on any atom is 0.309 e. The summed E-state index contributed by atoms with van der Waals surface area (Å²) in [5.41, 5.74) is 0.960. The van der Waals surface area contributed by atoms with Gasteiger partial charge in [-0.25, -0.2) is 8.42 Å².